The summed E-state index contributed by atoms with van der Waals surface area (Å²) in [6.07, 6.45) is 8.42. The van der Waals surface area contributed by atoms with Crippen LogP contribution in [0.2, 0.25) is 0 Å². The second kappa shape index (κ2) is 9.44. The van der Waals surface area contributed by atoms with Crippen LogP contribution in [0, 0.1) is 5.41 Å². The highest BCUT2D eigenvalue weighted by molar-refractivity contribution is 7.15. The number of carbonyl (C=O) groups excluding carboxylic acids is 1. The average molecular weight is 483 g/mol. The molecule has 180 valence electrons. The minimum absolute atomic E-state index is 0.0413. The van der Waals surface area contributed by atoms with Crippen LogP contribution < -0.4 is 15.8 Å². The van der Waals surface area contributed by atoms with Crippen molar-refractivity contribution in [2.24, 2.45) is 5.41 Å². The summed E-state index contributed by atoms with van der Waals surface area (Å²) >= 11 is 1.41. The van der Waals surface area contributed by atoms with Crippen molar-refractivity contribution in [1.29, 1.82) is 0 Å². The normalized spacial score (nSPS) is 19.8. The van der Waals surface area contributed by atoms with Crippen molar-refractivity contribution in [1.82, 2.24) is 25.2 Å². The van der Waals surface area contributed by atoms with Crippen LogP contribution in [0.1, 0.15) is 37.1 Å². The van der Waals surface area contributed by atoms with Crippen LogP contribution in [0.15, 0.2) is 24.5 Å². The third kappa shape index (κ3) is 4.70. The second-order valence-electron chi connectivity index (χ2n) is 9.38. The van der Waals surface area contributed by atoms with Gasteiger partial charge in [-0.3, -0.25) is 14.7 Å². The van der Waals surface area contributed by atoms with Gasteiger partial charge in [0.1, 0.15) is 16.3 Å². The maximum absolute atomic E-state index is 12.8. The highest BCUT2D eigenvalue weighted by Crippen LogP contribution is 2.47. The smallest absolute Gasteiger partial charge is 0.237 e. The summed E-state index contributed by atoms with van der Waals surface area (Å²) in [6.45, 7) is 1.91. The Bertz CT molecular complexity index is 1190. The van der Waals surface area contributed by atoms with E-state index in [0.717, 1.165) is 49.1 Å². The fourth-order valence-corrected chi connectivity index (χ4v) is 5.29. The summed E-state index contributed by atoms with van der Waals surface area (Å²) < 4.78 is 6.43. The number of nitrogens with zero attached hydrogens (tertiary/aromatic N) is 4. The number of aliphatic hydroxyl groups is 1. The van der Waals surface area contributed by atoms with Crippen LogP contribution in [0.4, 0.5) is 5.82 Å². The molecule has 0 bridgehead atoms. The van der Waals surface area contributed by atoms with Gasteiger partial charge < -0.3 is 20.9 Å². The van der Waals surface area contributed by atoms with Gasteiger partial charge in [-0.1, -0.05) is 6.42 Å². The molecule has 0 radical (unpaired) electrons. The predicted octanol–water partition coefficient (Wildman–Crippen LogP) is 2.59. The van der Waals surface area contributed by atoms with Crippen molar-refractivity contribution >= 4 is 34.1 Å². The fourth-order valence-electron chi connectivity index (χ4n) is 4.49. The zero-order valence-electron chi connectivity index (χ0n) is 19.3. The summed E-state index contributed by atoms with van der Waals surface area (Å²) in [6, 6.07) is 3.79. The van der Waals surface area contributed by atoms with Crippen molar-refractivity contribution < 1.29 is 14.6 Å². The molecule has 10 heteroatoms. The summed E-state index contributed by atoms with van der Waals surface area (Å²) in [7, 11) is 2.02. The maximum Gasteiger partial charge on any atom is 0.237 e. The van der Waals surface area contributed by atoms with Crippen LogP contribution in [0.25, 0.3) is 21.5 Å². The first-order valence-corrected chi connectivity index (χ1v) is 12.5. The zero-order chi connectivity index (χ0) is 23.7. The molecule has 2 aliphatic rings. The molecule has 0 spiro atoms. The Morgan fingerprint density at radius 2 is 2.18 bits per heavy atom. The van der Waals surface area contributed by atoms with E-state index in [1.807, 2.05) is 19.2 Å². The number of aliphatic hydroxyl groups excluding tert-OH is 1. The summed E-state index contributed by atoms with van der Waals surface area (Å²) in [4.78, 5) is 29.0. The Morgan fingerprint density at radius 1 is 1.32 bits per heavy atom. The molecular formula is C24H30N6O3S. The molecule has 1 saturated carbocycles. The molecule has 1 aliphatic carbocycles. The number of fused-ring (bicyclic) bond motifs is 1. The van der Waals surface area contributed by atoms with Crippen LogP contribution in [-0.4, -0.2) is 63.7 Å². The first-order chi connectivity index (χ1) is 16.5. The van der Waals surface area contributed by atoms with E-state index >= 15 is 0 Å². The standard InChI is InChI=1S/C24H30N6O3S/c1-30-9-3-2-4-17(30)23(32)28-13-24(7-8-24)14-33-22-15(18-10-27-20(12-31)34-18)5-6-16-21(22)29-19(25)11-26-16/h5-6,10-11,17,31H,2-4,7-9,12-14H2,1H3,(H2,25,29)(H,28,32). The van der Waals surface area contributed by atoms with E-state index in [0.29, 0.717) is 40.8 Å². The molecule has 1 aromatic carbocycles. The lowest BCUT2D eigenvalue weighted by Crippen LogP contribution is -2.49. The average Bonchev–Trinajstić information content (AvgIpc) is 3.46. The third-order valence-electron chi connectivity index (χ3n) is 6.83. The number of hydrogen-bond acceptors (Lipinski definition) is 9. The van der Waals surface area contributed by atoms with E-state index in [1.54, 1.807) is 6.20 Å². The van der Waals surface area contributed by atoms with Crippen molar-refractivity contribution in [3.8, 4) is 16.2 Å². The van der Waals surface area contributed by atoms with Crippen LogP contribution in [0.3, 0.4) is 0 Å². The van der Waals surface area contributed by atoms with Crippen molar-refractivity contribution in [2.45, 2.75) is 44.8 Å². The monoisotopic (exact) mass is 482 g/mol. The Hall–Kier alpha value is -2.82. The minimum atomic E-state index is -0.111. The van der Waals surface area contributed by atoms with E-state index in [1.165, 1.54) is 17.5 Å². The number of rotatable bonds is 8. The Morgan fingerprint density at radius 3 is 2.91 bits per heavy atom. The van der Waals surface area contributed by atoms with E-state index in [9.17, 15) is 9.90 Å². The van der Waals surface area contributed by atoms with Crippen LogP contribution in [0.5, 0.6) is 5.75 Å². The summed E-state index contributed by atoms with van der Waals surface area (Å²) in [5.74, 6) is 1.04. The number of likely N-dealkylation sites (N-methyl/N-ethyl adjacent to an activating group) is 1. The number of nitrogens with one attached hydrogen (secondary N) is 1. The molecule has 1 amide bonds. The van der Waals surface area contributed by atoms with Crippen molar-refractivity contribution in [3.63, 3.8) is 0 Å². The van der Waals surface area contributed by atoms with E-state index in [-0.39, 0.29) is 24.0 Å². The molecule has 1 saturated heterocycles. The molecular weight excluding hydrogens is 452 g/mol. The second-order valence-corrected chi connectivity index (χ2v) is 10.5. The molecule has 3 aromatic rings. The zero-order valence-corrected chi connectivity index (χ0v) is 20.1. The van der Waals surface area contributed by atoms with Gasteiger partial charge in [0.25, 0.3) is 0 Å². The number of thiazole rings is 1. The fraction of sp³-hybridized carbons (Fsp3) is 0.500. The molecule has 2 aromatic heterocycles. The lowest BCUT2D eigenvalue weighted by atomic mass is 10.0. The number of benzene rings is 1. The first-order valence-electron chi connectivity index (χ1n) is 11.7. The highest BCUT2D eigenvalue weighted by Gasteiger charge is 2.44. The number of likely N-dealkylation sites (tertiary alicyclic amines) is 1. The van der Waals surface area contributed by atoms with Crippen molar-refractivity contribution in [3.05, 3.63) is 29.5 Å². The number of amides is 1. The van der Waals surface area contributed by atoms with Gasteiger partial charge in [0, 0.05) is 23.7 Å². The van der Waals surface area contributed by atoms with Gasteiger partial charge in [0.15, 0.2) is 5.75 Å². The number of piperidine rings is 1. The molecule has 1 atom stereocenters. The third-order valence-corrected chi connectivity index (χ3v) is 7.85. The summed E-state index contributed by atoms with van der Waals surface area (Å²) in [5.41, 5.74) is 7.99. The number of hydrogen-bond donors (Lipinski definition) is 3. The highest BCUT2D eigenvalue weighted by atomic mass is 32.1. The lowest BCUT2D eigenvalue weighted by Gasteiger charge is -2.31. The van der Waals surface area contributed by atoms with Crippen LogP contribution >= 0.6 is 11.3 Å². The van der Waals surface area contributed by atoms with Gasteiger partial charge in [-0.05, 0) is 51.4 Å². The maximum atomic E-state index is 12.8. The Labute approximate surface area is 202 Å². The number of anilines is 1. The molecule has 3 heterocycles. The number of aromatic nitrogens is 3. The number of carbonyl (C=O) groups is 1. The molecule has 5 rings (SSSR count). The van der Waals surface area contributed by atoms with E-state index in [2.05, 4.69) is 25.2 Å². The van der Waals surface area contributed by atoms with E-state index < -0.39 is 0 Å². The minimum Gasteiger partial charge on any atom is -0.490 e. The SMILES string of the molecule is CN1CCCCC1C(=O)NCC1(COc2c(-c3cnc(CO)s3)ccc3ncc(N)nc23)CC1. The molecule has 34 heavy (non-hydrogen) atoms. The number of nitrogens with two attached hydrogens (primary N) is 1. The molecule has 1 unspecified atom stereocenters. The van der Waals surface area contributed by atoms with Gasteiger partial charge in [-0.25, -0.2) is 9.97 Å². The molecule has 2 fully saturated rings. The molecule has 4 N–H and O–H groups in total. The lowest BCUT2D eigenvalue weighted by molar-refractivity contribution is -0.127. The van der Waals surface area contributed by atoms with Gasteiger partial charge in [0.05, 0.1) is 35.8 Å². The Balaban J connectivity index is 1.35. The topological polar surface area (TPSA) is 126 Å². The Kier molecular flexibility index (Phi) is 6.37. The first kappa shape index (κ1) is 22.9. The number of nitrogen functional groups attached to an aromatic ring is 1. The largest absolute Gasteiger partial charge is 0.490 e. The quantitative estimate of drug-likeness (QED) is 0.447. The van der Waals surface area contributed by atoms with Gasteiger partial charge in [-0.2, -0.15) is 0 Å². The number of ether oxygens (including phenoxy) is 1. The van der Waals surface area contributed by atoms with Gasteiger partial charge in [0.2, 0.25) is 5.91 Å². The predicted molar refractivity (Wildman–Crippen MR) is 131 cm³/mol. The van der Waals surface area contributed by atoms with Gasteiger partial charge >= 0.3 is 0 Å². The van der Waals surface area contributed by atoms with Gasteiger partial charge in [-0.15, -0.1) is 11.3 Å². The van der Waals surface area contributed by atoms with Crippen molar-refractivity contribution in [2.75, 3.05) is 32.5 Å². The van der Waals surface area contributed by atoms with Crippen LogP contribution in [-0.2, 0) is 11.4 Å². The molecule has 1 aliphatic heterocycles. The van der Waals surface area contributed by atoms with E-state index in [4.69, 9.17) is 10.5 Å². The summed E-state index contributed by atoms with van der Waals surface area (Å²) in [5, 5.41) is 13.3. The molecule has 9 nitrogen and oxygen atoms in total.